The molecule has 2 aromatic rings. The summed E-state index contributed by atoms with van der Waals surface area (Å²) in [5.74, 6) is 0. The highest BCUT2D eigenvalue weighted by atomic mass is 15.1. The first kappa shape index (κ1) is 16.0. The van der Waals surface area contributed by atoms with Crippen LogP contribution in [0.25, 0.3) is 10.8 Å². The van der Waals surface area contributed by atoms with Gasteiger partial charge < -0.3 is 10.2 Å². The zero-order valence-electron chi connectivity index (χ0n) is 13.8. The molecule has 2 aromatic carbocycles. The van der Waals surface area contributed by atoms with Crippen LogP contribution in [0.5, 0.6) is 0 Å². The summed E-state index contributed by atoms with van der Waals surface area (Å²) >= 11 is 0. The van der Waals surface area contributed by atoms with Crippen LogP contribution >= 0.6 is 0 Å². The molecule has 0 spiro atoms. The van der Waals surface area contributed by atoms with E-state index < -0.39 is 0 Å². The molecule has 0 aliphatic heterocycles. The monoisotopic (exact) mass is 284 g/mol. The molecule has 0 amide bonds. The molecule has 0 bridgehead atoms. The van der Waals surface area contributed by atoms with Gasteiger partial charge in [0.15, 0.2) is 0 Å². The number of fused-ring (bicyclic) bond motifs is 1. The average molecular weight is 284 g/mol. The van der Waals surface area contributed by atoms with Gasteiger partial charge in [0.25, 0.3) is 0 Å². The number of hydrogen-bond donors (Lipinski definition) is 1. The zero-order valence-corrected chi connectivity index (χ0v) is 13.8. The quantitative estimate of drug-likeness (QED) is 0.819. The van der Waals surface area contributed by atoms with Gasteiger partial charge in [-0.3, -0.25) is 0 Å². The zero-order chi connectivity index (χ0) is 15.2. The van der Waals surface area contributed by atoms with Crippen LogP contribution in [0.1, 0.15) is 38.3 Å². The second-order valence-corrected chi connectivity index (χ2v) is 5.82. The Balaban J connectivity index is 2.27. The van der Waals surface area contributed by atoms with E-state index in [2.05, 4.69) is 80.6 Å². The molecule has 0 aliphatic rings. The maximum absolute atomic E-state index is 3.50. The molecular formula is C19H28N2. The molecule has 2 heteroatoms. The van der Waals surface area contributed by atoms with Crippen molar-refractivity contribution in [2.75, 3.05) is 20.6 Å². The van der Waals surface area contributed by atoms with Gasteiger partial charge >= 0.3 is 0 Å². The van der Waals surface area contributed by atoms with E-state index in [9.17, 15) is 0 Å². The van der Waals surface area contributed by atoms with E-state index in [0.29, 0.717) is 12.1 Å². The number of nitrogens with one attached hydrogen (secondary N) is 1. The standard InChI is InChI=1S/C19H28N2/c1-5-16(6-2)21(4)14-19(20-3)18-13-9-11-15-10-7-8-12-17(15)18/h7-13,16,19-20H,5-6,14H2,1-4H3. The van der Waals surface area contributed by atoms with Gasteiger partial charge in [-0.25, -0.2) is 0 Å². The lowest BCUT2D eigenvalue weighted by Gasteiger charge is -2.30. The van der Waals surface area contributed by atoms with Crippen LogP contribution in [0.15, 0.2) is 42.5 Å². The maximum atomic E-state index is 3.50. The van der Waals surface area contributed by atoms with Crippen molar-refractivity contribution in [2.24, 2.45) is 0 Å². The molecule has 0 fully saturated rings. The molecule has 0 aromatic heterocycles. The van der Waals surface area contributed by atoms with Crippen LogP contribution in [0.4, 0.5) is 0 Å². The normalized spacial score (nSPS) is 13.2. The first-order valence-corrected chi connectivity index (χ1v) is 8.06. The average Bonchev–Trinajstić information content (AvgIpc) is 2.53. The van der Waals surface area contributed by atoms with Crippen molar-refractivity contribution in [3.8, 4) is 0 Å². The van der Waals surface area contributed by atoms with E-state index in [0.717, 1.165) is 6.54 Å². The molecule has 0 radical (unpaired) electrons. The first-order valence-electron chi connectivity index (χ1n) is 8.06. The summed E-state index contributed by atoms with van der Waals surface area (Å²) in [6.45, 7) is 5.59. The lowest BCUT2D eigenvalue weighted by atomic mass is 9.98. The number of rotatable bonds is 7. The molecular weight excluding hydrogens is 256 g/mol. The Labute approximate surface area is 129 Å². The predicted octanol–water partition coefficient (Wildman–Crippen LogP) is 4.22. The van der Waals surface area contributed by atoms with E-state index in [1.807, 2.05) is 0 Å². The van der Waals surface area contributed by atoms with Crippen LogP contribution in [0.2, 0.25) is 0 Å². The molecule has 21 heavy (non-hydrogen) atoms. The summed E-state index contributed by atoms with van der Waals surface area (Å²) in [6, 6.07) is 16.3. The fraction of sp³-hybridized carbons (Fsp3) is 0.474. The van der Waals surface area contributed by atoms with E-state index in [1.165, 1.54) is 29.2 Å². The van der Waals surface area contributed by atoms with Gasteiger partial charge in [-0.1, -0.05) is 56.3 Å². The van der Waals surface area contributed by atoms with E-state index in [1.54, 1.807) is 0 Å². The van der Waals surface area contributed by atoms with Gasteiger partial charge in [-0.05, 0) is 43.3 Å². The van der Waals surface area contributed by atoms with Crippen molar-refractivity contribution in [1.29, 1.82) is 0 Å². The van der Waals surface area contributed by atoms with Crippen LogP contribution in [0.3, 0.4) is 0 Å². The fourth-order valence-electron chi connectivity index (χ4n) is 3.25. The Bertz CT molecular complexity index is 555. The smallest absolute Gasteiger partial charge is 0.0453 e. The van der Waals surface area contributed by atoms with Crippen molar-refractivity contribution in [2.45, 2.75) is 38.8 Å². The van der Waals surface area contributed by atoms with Gasteiger partial charge in [0, 0.05) is 18.6 Å². The Kier molecular flexibility index (Phi) is 5.77. The summed E-state index contributed by atoms with van der Waals surface area (Å²) in [7, 11) is 4.31. The number of nitrogens with zero attached hydrogens (tertiary/aromatic N) is 1. The lowest BCUT2D eigenvalue weighted by Crippen LogP contribution is -2.37. The minimum absolute atomic E-state index is 0.363. The van der Waals surface area contributed by atoms with Crippen LogP contribution in [0, 0.1) is 0 Å². The number of likely N-dealkylation sites (N-methyl/N-ethyl adjacent to an activating group) is 2. The number of benzene rings is 2. The molecule has 0 aliphatic carbocycles. The summed E-state index contributed by atoms with van der Waals surface area (Å²) in [5.41, 5.74) is 1.40. The third-order valence-electron chi connectivity index (χ3n) is 4.58. The Hall–Kier alpha value is -1.38. The van der Waals surface area contributed by atoms with Gasteiger partial charge in [-0.2, -0.15) is 0 Å². The molecule has 1 N–H and O–H groups in total. The third-order valence-corrected chi connectivity index (χ3v) is 4.58. The maximum Gasteiger partial charge on any atom is 0.0453 e. The summed E-state index contributed by atoms with van der Waals surface area (Å²) in [4.78, 5) is 2.49. The van der Waals surface area contributed by atoms with E-state index >= 15 is 0 Å². The van der Waals surface area contributed by atoms with Gasteiger partial charge in [-0.15, -0.1) is 0 Å². The molecule has 2 nitrogen and oxygen atoms in total. The van der Waals surface area contributed by atoms with Gasteiger partial charge in [0.1, 0.15) is 0 Å². The van der Waals surface area contributed by atoms with Crippen molar-refractivity contribution in [3.63, 3.8) is 0 Å². The molecule has 114 valence electrons. The third kappa shape index (κ3) is 3.63. The lowest BCUT2D eigenvalue weighted by molar-refractivity contribution is 0.209. The molecule has 1 atom stereocenters. The van der Waals surface area contributed by atoms with Crippen molar-refractivity contribution < 1.29 is 0 Å². The summed E-state index contributed by atoms with van der Waals surface area (Å²) in [6.07, 6.45) is 2.41. The highest BCUT2D eigenvalue weighted by Gasteiger charge is 2.18. The minimum Gasteiger partial charge on any atom is -0.312 e. The van der Waals surface area contributed by atoms with Crippen molar-refractivity contribution >= 4 is 10.8 Å². The van der Waals surface area contributed by atoms with Crippen molar-refractivity contribution in [1.82, 2.24) is 10.2 Å². The van der Waals surface area contributed by atoms with Crippen molar-refractivity contribution in [3.05, 3.63) is 48.0 Å². The second-order valence-electron chi connectivity index (χ2n) is 5.82. The number of hydrogen-bond acceptors (Lipinski definition) is 2. The SMILES string of the molecule is CCC(CC)N(C)CC(NC)c1cccc2ccccc12. The summed E-state index contributed by atoms with van der Waals surface area (Å²) < 4.78 is 0. The van der Waals surface area contributed by atoms with Crippen LogP contribution in [-0.4, -0.2) is 31.6 Å². The minimum atomic E-state index is 0.363. The highest BCUT2D eigenvalue weighted by molar-refractivity contribution is 5.86. The first-order chi connectivity index (χ1) is 10.2. The Morgan fingerprint density at radius 2 is 1.67 bits per heavy atom. The Morgan fingerprint density at radius 1 is 1.00 bits per heavy atom. The van der Waals surface area contributed by atoms with Crippen LogP contribution < -0.4 is 5.32 Å². The molecule has 0 heterocycles. The molecule has 0 saturated heterocycles. The largest absolute Gasteiger partial charge is 0.312 e. The van der Waals surface area contributed by atoms with Crippen LogP contribution in [-0.2, 0) is 0 Å². The van der Waals surface area contributed by atoms with E-state index in [4.69, 9.17) is 0 Å². The van der Waals surface area contributed by atoms with E-state index in [-0.39, 0.29) is 0 Å². The molecule has 0 saturated carbocycles. The topological polar surface area (TPSA) is 15.3 Å². The predicted molar refractivity (Wildman–Crippen MR) is 92.7 cm³/mol. The Morgan fingerprint density at radius 3 is 2.33 bits per heavy atom. The summed E-state index contributed by atoms with van der Waals surface area (Å²) in [5, 5.41) is 6.18. The molecule has 2 rings (SSSR count). The van der Waals surface area contributed by atoms with Gasteiger partial charge in [0.05, 0.1) is 0 Å². The fourth-order valence-corrected chi connectivity index (χ4v) is 3.25. The second kappa shape index (κ2) is 7.58. The highest BCUT2D eigenvalue weighted by Crippen LogP contribution is 2.25. The van der Waals surface area contributed by atoms with Gasteiger partial charge in [0.2, 0.25) is 0 Å². The molecule has 1 unspecified atom stereocenters.